The van der Waals surface area contributed by atoms with Crippen LogP contribution in [0.15, 0.2) is 17.6 Å². The van der Waals surface area contributed by atoms with Crippen molar-refractivity contribution in [3.05, 3.63) is 12.5 Å². The van der Waals surface area contributed by atoms with Crippen LogP contribution in [0, 0.1) is 0 Å². The summed E-state index contributed by atoms with van der Waals surface area (Å²) in [6.45, 7) is 3.49. The van der Waals surface area contributed by atoms with Crippen LogP contribution in [0.5, 0.6) is 0 Å². The molecule has 2 rings (SSSR count). The first-order valence-corrected chi connectivity index (χ1v) is 6.14. The van der Waals surface area contributed by atoms with Crippen molar-refractivity contribution in [2.45, 2.75) is 11.9 Å². The molecule has 0 amide bonds. The number of thioether (sulfide) groups is 1. The smallest absolute Gasteiger partial charge is 0.162 e. The highest BCUT2D eigenvalue weighted by Crippen LogP contribution is 2.23. The Bertz CT molecular complexity index is 471. The lowest BCUT2D eigenvalue weighted by Gasteiger charge is -2.02. The minimum atomic E-state index is 0.743. The number of aryl methyl sites for hydroxylation is 1. The van der Waals surface area contributed by atoms with Gasteiger partial charge in [0.2, 0.25) is 0 Å². The van der Waals surface area contributed by atoms with Crippen LogP contribution in [0.2, 0.25) is 0 Å². The van der Waals surface area contributed by atoms with Gasteiger partial charge in [-0.1, -0.05) is 0 Å². The number of hydrogen-bond acceptors (Lipinski definition) is 5. The van der Waals surface area contributed by atoms with E-state index in [1.165, 1.54) is 0 Å². The fourth-order valence-electron chi connectivity index (χ4n) is 1.40. The molecule has 0 aliphatic heterocycles. The monoisotopic (exact) mass is 238 g/mol. The van der Waals surface area contributed by atoms with Crippen LogP contribution < -0.4 is 0 Å². The van der Waals surface area contributed by atoms with E-state index >= 15 is 0 Å². The SMILES string of the molecule is CCOCCSc1ncnc2c1cnn2C. The zero-order valence-electron chi connectivity index (χ0n) is 9.38. The van der Waals surface area contributed by atoms with Gasteiger partial charge in [-0.2, -0.15) is 5.10 Å². The molecule has 0 radical (unpaired) electrons. The largest absolute Gasteiger partial charge is 0.381 e. The third kappa shape index (κ3) is 2.33. The van der Waals surface area contributed by atoms with Crippen molar-refractivity contribution < 1.29 is 4.74 Å². The lowest BCUT2D eigenvalue weighted by molar-refractivity contribution is 0.164. The molecule has 2 aromatic rings. The highest BCUT2D eigenvalue weighted by molar-refractivity contribution is 7.99. The number of aromatic nitrogens is 4. The molecular weight excluding hydrogens is 224 g/mol. The molecule has 0 bridgehead atoms. The summed E-state index contributed by atoms with van der Waals surface area (Å²) in [5.41, 5.74) is 0.869. The quantitative estimate of drug-likeness (QED) is 0.449. The second-order valence-corrected chi connectivity index (χ2v) is 4.31. The van der Waals surface area contributed by atoms with Gasteiger partial charge in [-0.3, -0.25) is 4.68 Å². The van der Waals surface area contributed by atoms with Gasteiger partial charge in [0.15, 0.2) is 5.65 Å². The molecule has 0 spiro atoms. The van der Waals surface area contributed by atoms with Gasteiger partial charge in [0.25, 0.3) is 0 Å². The van der Waals surface area contributed by atoms with Crippen molar-refractivity contribution in [2.24, 2.45) is 7.05 Å². The molecule has 0 saturated heterocycles. The Morgan fingerprint density at radius 1 is 1.44 bits per heavy atom. The summed E-state index contributed by atoms with van der Waals surface area (Å²) in [5, 5.41) is 6.15. The molecule has 0 aliphatic carbocycles. The van der Waals surface area contributed by atoms with Crippen LogP contribution in [0.3, 0.4) is 0 Å². The second-order valence-electron chi connectivity index (χ2n) is 3.23. The van der Waals surface area contributed by atoms with Crippen molar-refractivity contribution in [3.63, 3.8) is 0 Å². The summed E-state index contributed by atoms with van der Waals surface area (Å²) in [6, 6.07) is 0. The lowest BCUT2D eigenvalue weighted by atomic mass is 10.4. The number of hydrogen-bond donors (Lipinski definition) is 0. The van der Waals surface area contributed by atoms with E-state index in [1.807, 2.05) is 14.0 Å². The molecule has 2 heterocycles. The molecule has 0 N–H and O–H groups in total. The van der Waals surface area contributed by atoms with Gasteiger partial charge in [0.1, 0.15) is 11.4 Å². The fourth-order valence-corrected chi connectivity index (χ4v) is 2.21. The maximum Gasteiger partial charge on any atom is 0.162 e. The molecule has 2 aromatic heterocycles. The summed E-state index contributed by atoms with van der Waals surface area (Å²) in [6.07, 6.45) is 3.38. The van der Waals surface area contributed by atoms with Crippen molar-refractivity contribution in [1.29, 1.82) is 0 Å². The molecule has 0 aromatic carbocycles. The standard InChI is InChI=1S/C10H14N4OS/c1-3-15-4-5-16-10-8-6-13-14(2)9(8)11-7-12-10/h6-7H,3-5H2,1-2H3. The summed E-state index contributed by atoms with van der Waals surface area (Å²) in [7, 11) is 1.88. The maximum atomic E-state index is 5.29. The van der Waals surface area contributed by atoms with Crippen molar-refractivity contribution in [3.8, 4) is 0 Å². The Balaban J connectivity index is 2.11. The molecule has 0 unspecified atom stereocenters. The average Bonchev–Trinajstić information content (AvgIpc) is 2.68. The van der Waals surface area contributed by atoms with E-state index in [-0.39, 0.29) is 0 Å². The first kappa shape index (κ1) is 11.3. The molecule has 0 saturated carbocycles. The zero-order chi connectivity index (χ0) is 11.4. The fraction of sp³-hybridized carbons (Fsp3) is 0.500. The van der Waals surface area contributed by atoms with Gasteiger partial charge in [-0.05, 0) is 6.92 Å². The minimum Gasteiger partial charge on any atom is -0.381 e. The van der Waals surface area contributed by atoms with E-state index in [4.69, 9.17) is 4.74 Å². The van der Waals surface area contributed by atoms with E-state index in [0.717, 1.165) is 35.0 Å². The Hall–Kier alpha value is -1.14. The van der Waals surface area contributed by atoms with Crippen LogP contribution in [0.1, 0.15) is 6.92 Å². The Morgan fingerprint density at radius 2 is 2.31 bits per heavy atom. The lowest BCUT2D eigenvalue weighted by Crippen LogP contribution is -1.97. The van der Waals surface area contributed by atoms with E-state index in [2.05, 4.69) is 15.1 Å². The number of fused-ring (bicyclic) bond motifs is 1. The van der Waals surface area contributed by atoms with Crippen molar-refractivity contribution >= 4 is 22.8 Å². The molecule has 16 heavy (non-hydrogen) atoms. The molecule has 5 nitrogen and oxygen atoms in total. The first-order valence-electron chi connectivity index (χ1n) is 5.16. The average molecular weight is 238 g/mol. The van der Waals surface area contributed by atoms with Crippen LogP contribution in [0.4, 0.5) is 0 Å². The summed E-state index contributed by atoms with van der Waals surface area (Å²) in [4.78, 5) is 8.45. The third-order valence-corrected chi connectivity index (χ3v) is 3.13. The highest BCUT2D eigenvalue weighted by atomic mass is 32.2. The van der Waals surface area contributed by atoms with E-state index in [1.54, 1.807) is 29.0 Å². The third-order valence-electron chi connectivity index (χ3n) is 2.16. The summed E-state index contributed by atoms with van der Waals surface area (Å²) >= 11 is 1.67. The van der Waals surface area contributed by atoms with Gasteiger partial charge in [0.05, 0.1) is 18.2 Å². The normalized spacial score (nSPS) is 11.1. The zero-order valence-corrected chi connectivity index (χ0v) is 10.2. The molecule has 0 fully saturated rings. The van der Waals surface area contributed by atoms with Crippen LogP contribution in [-0.2, 0) is 11.8 Å². The van der Waals surface area contributed by atoms with Crippen molar-refractivity contribution in [1.82, 2.24) is 19.7 Å². The van der Waals surface area contributed by atoms with Gasteiger partial charge in [-0.15, -0.1) is 11.8 Å². The molecule has 86 valence electrons. The maximum absolute atomic E-state index is 5.29. The van der Waals surface area contributed by atoms with E-state index in [9.17, 15) is 0 Å². The Labute approximate surface area is 98.2 Å². The minimum absolute atomic E-state index is 0.743. The summed E-state index contributed by atoms with van der Waals surface area (Å²) in [5.74, 6) is 0.898. The van der Waals surface area contributed by atoms with Crippen LogP contribution in [-0.4, -0.2) is 38.7 Å². The molecule has 0 atom stereocenters. The number of rotatable bonds is 5. The first-order chi connectivity index (χ1) is 7.83. The van der Waals surface area contributed by atoms with E-state index < -0.39 is 0 Å². The van der Waals surface area contributed by atoms with Crippen LogP contribution >= 0.6 is 11.8 Å². The molecule has 0 aliphatic rings. The molecule has 6 heteroatoms. The number of ether oxygens (including phenoxy) is 1. The van der Waals surface area contributed by atoms with E-state index in [0.29, 0.717) is 0 Å². The molecular formula is C10H14N4OS. The van der Waals surface area contributed by atoms with Gasteiger partial charge < -0.3 is 4.74 Å². The van der Waals surface area contributed by atoms with Gasteiger partial charge in [-0.25, -0.2) is 9.97 Å². The Morgan fingerprint density at radius 3 is 3.12 bits per heavy atom. The van der Waals surface area contributed by atoms with Crippen molar-refractivity contribution in [2.75, 3.05) is 19.0 Å². The predicted octanol–water partition coefficient (Wildman–Crippen LogP) is 1.49. The topological polar surface area (TPSA) is 52.8 Å². The highest BCUT2D eigenvalue weighted by Gasteiger charge is 2.07. The summed E-state index contributed by atoms with van der Waals surface area (Å²) < 4.78 is 7.04. The number of nitrogens with zero attached hydrogens (tertiary/aromatic N) is 4. The Kier molecular flexibility index (Phi) is 3.74. The van der Waals surface area contributed by atoms with Gasteiger partial charge in [0, 0.05) is 19.4 Å². The second kappa shape index (κ2) is 5.27. The van der Waals surface area contributed by atoms with Crippen LogP contribution in [0.25, 0.3) is 11.0 Å². The van der Waals surface area contributed by atoms with Gasteiger partial charge >= 0.3 is 0 Å². The predicted molar refractivity (Wildman–Crippen MR) is 63.5 cm³/mol.